The van der Waals surface area contributed by atoms with Crippen LogP contribution in [0.5, 0.6) is 0 Å². The average Bonchev–Trinajstić information content (AvgIpc) is 2.51. The van der Waals surface area contributed by atoms with E-state index in [-0.39, 0.29) is 4.90 Å². The fourth-order valence-electron chi connectivity index (χ4n) is 1.85. The van der Waals surface area contributed by atoms with Gasteiger partial charge >= 0.3 is 6.18 Å². The molecule has 0 aromatic heterocycles. The second-order valence-corrected chi connectivity index (χ2v) is 6.52. The quantitative estimate of drug-likeness (QED) is 0.651. The van der Waals surface area contributed by atoms with Gasteiger partial charge in [0.05, 0.1) is 21.9 Å². The highest BCUT2D eigenvalue weighted by Crippen LogP contribution is 2.29. The maximum atomic E-state index is 12.7. The molecule has 0 fully saturated rings. The van der Waals surface area contributed by atoms with Crippen molar-refractivity contribution in [1.82, 2.24) is 0 Å². The van der Waals surface area contributed by atoms with Gasteiger partial charge < -0.3 is 0 Å². The molecule has 0 saturated heterocycles. The van der Waals surface area contributed by atoms with Crippen LogP contribution < -0.4 is 10.6 Å². The van der Waals surface area contributed by atoms with Crippen LogP contribution in [0.4, 0.5) is 18.9 Å². The Kier molecular flexibility index (Phi) is 4.95. The lowest BCUT2D eigenvalue weighted by molar-refractivity contribution is -0.137. The number of hydrogen-bond donors (Lipinski definition) is 2. The Morgan fingerprint density at radius 3 is 2.29 bits per heavy atom. The minimum absolute atomic E-state index is 0.0494. The van der Waals surface area contributed by atoms with Crippen molar-refractivity contribution in [2.24, 2.45) is 10.2 Å². The molecule has 0 aliphatic rings. The van der Waals surface area contributed by atoms with Gasteiger partial charge in [-0.3, -0.25) is 5.43 Å². The molecular formula is C15H14F3N3O2S. The van der Waals surface area contributed by atoms with E-state index < -0.39 is 21.8 Å². The van der Waals surface area contributed by atoms with Crippen LogP contribution in [0.1, 0.15) is 18.1 Å². The molecule has 0 atom stereocenters. The first kappa shape index (κ1) is 18.0. The van der Waals surface area contributed by atoms with Crippen LogP contribution in [0.2, 0.25) is 0 Å². The predicted octanol–water partition coefficient (Wildman–Crippen LogP) is 3.19. The molecule has 0 radical (unpaired) electrons. The molecule has 2 rings (SSSR count). The normalized spacial score (nSPS) is 13.0. The molecule has 0 spiro atoms. The van der Waals surface area contributed by atoms with E-state index in [0.717, 1.165) is 12.1 Å². The van der Waals surface area contributed by atoms with Crippen LogP contribution in [0.25, 0.3) is 0 Å². The minimum atomic E-state index is -4.42. The number of primary sulfonamides is 1. The minimum Gasteiger partial charge on any atom is -0.278 e. The first-order valence-corrected chi connectivity index (χ1v) is 8.23. The van der Waals surface area contributed by atoms with Crippen LogP contribution in [-0.4, -0.2) is 14.1 Å². The summed E-state index contributed by atoms with van der Waals surface area (Å²) in [5.74, 6) is 0. The predicted molar refractivity (Wildman–Crippen MR) is 85.1 cm³/mol. The molecule has 0 bridgehead atoms. The molecule has 9 heteroatoms. The monoisotopic (exact) mass is 357 g/mol. The van der Waals surface area contributed by atoms with Gasteiger partial charge in [0.25, 0.3) is 0 Å². The first-order valence-electron chi connectivity index (χ1n) is 6.68. The zero-order chi connectivity index (χ0) is 18.0. The molecule has 2 aromatic carbocycles. The summed E-state index contributed by atoms with van der Waals surface area (Å²) in [5.41, 5.74) is 3.02. The van der Waals surface area contributed by atoms with Crippen molar-refractivity contribution in [3.8, 4) is 0 Å². The Hall–Kier alpha value is -2.39. The molecule has 0 saturated carbocycles. The number of nitrogens with one attached hydrogen (secondary N) is 1. The summed E-state index contributed by atoms with van der Waals surface area (Å²) in [5, 5.41) is 8.98. The number of anilines is 1. The third kappa shape index (κ3) is 4.56. The van der Waals surface area contributed by atoms with Crippen LogP contribution in [0.15, 0.2) is 58.5 Å². The number of hydrogen-bond acceptors (Lipinski definition) is 4. The zero-order valence-electron chi connectivity index (χ0n) is 12.5. The van der Waals surface area contributed by atoms with E-state index in [0.29, 0.717) is 17.0 Å². The Balaban J connectivity index is 2.17. The summed E-state index contributed by atoms with van der Waals surface area (Å²) in [7, 11) is -3.78. The van der Waals surface area contributed by atoms with E-state index in [2.05, 4.69) is 10.5 Å². The van der Waals surface area contributed by atoms with Crippen molar-refractivity contribution in [2.45, 2.75) is 18.0 Å². The molecule has 0 aliphatic carbocycles. The third-order valence-corrected chi connectivity index (χ3v) is 4.07. The lowest BCUT2D eigenvalue weighted by Crippen LogP contribution is -2.11. The van der Waals surface area contributed by atoms with Crippen LogP contribution >= 0.6 is 0 Å². The van der Waals surface area contributed by atoms with Crippen LogP contribution in [-0.2, 0) is 16.2 Å². The molecule has 0 heterocycles. The summed E-state index contributed by atoms with van der Waals surface area (Å²) < 4.78 is 60.4. The Bertz CT molecular complexity index is 860. The maximum Gasteiger partial charge on any atom is 0.416 e. The topological polar surface area (TPSA) is 84.5 Å². The SMILES string of the molecule is C/C(=N/Nc1ccc(S(N)(=O)=O)cc1)c1cccc(C(F)(F)F)c1. The van der Waals surface area contributed by atoms with E-state index >= 15 is 0 Å². The summed E-state index contributed by atoms with van der Waals surface area (Å²) in [6, 6.07) is 10.3. The smallest absolute Gasteiger partial charge is 0.278 e. The fourth-order valence-corrected chi connectivity index (χ4v) is 2.37. The van der Waals surface area contributed by atoms with Crippen molar-refractivity contribution in [1.29, 1.82) is 0 Å². The standard InChI is InChI=1S/C15H14F3N3O2S/c1-10(11-3-2-4-12(9-11)15(16,17)18)20-21-13-5-7-14(8-6-13)24(19,22)23/h2-9,21H,1H3,(H2,19,22,23)/b20-10-. The number of hydrazone groups is 1. The number of nitrogens with zero attached hydrogens (tertiary/aromatic N) is 1. The van der Waals surface area contributed by atoms with E-state index in [9.17, 15) is 21.6 Å². The van der Waals surface area contributed by atoms with Gasteiger partial charge in [0.15, 0.2) is 0 Å². The molecule has 0 amide bonds. The van der Waals surface area contributed by atoms with E-state index in [4.69, 9.17) is 5.14 Å². The molecule has 128 valence electrons. The Morgan fingerprint density at radius 1 is 1.12 bits per heavy atom. The second kappa shape index (κ2) is 6.62. The van der Waals surface area contributed by atoms with Gasteiger partial charge in [-0.15, -0.1) is 0 Å². The van der Waals surface area contributed by atoms with Gasteiger partial charge in [0.2, 0.25) is 10.0 Å². The maximum absolute atomic E-state index is 12.7. The molecule has 0 unspecified atom stereocenters. The lowest BCUT2D eigenvalue weighted by atomic mass is 10.1. The van der Waals surface area contributed by atoms with E-state index in [1.807, 2.05) is 0 Å². The number of benzene rings is 2. The number of halogens is 3. The second-order valence-electron chi connectivity index (χ2n) is 4.96. The van der Waals surface area contributed by atoms with Gasteiger partial charge in [0.1, 0.15) is 0 Å². The molecule has 24 heavy (non-hydrogen) atoms. The number of rotatable bonds is 4. The average molecular weight is 357 g/mol. The Labute approximate surface area is 137 Å². The highest BCUT2D eigenvalue weighted by Gasteiger charge is 2.30. The lowest BCUT2D eigenvalue weighted by Gasteiger charge is -2.09. The summed E-state index contributed by atoms with van der Waals surface area (Å²) >= 11 is 0. The van der Waals surface area contributed by atoms with Gasteiger partial charge in [-0.2, -0.15) is 18.3 Å². The molecule has 0 aliphatic heterocycles. The van der Waals surface area contributed by atoms with E-state index in [1.54, 1.807) is 6.92 Å². The number of nitrogens with two attached hydrogens (primary N) is 1. The summed E-state index contributed by atoms with van der Waals surface area (Å²) in [6.45, 7) is 1.56. The molecule has 3 N–H and O–H groups in total. The third-order valence-electron chi connectivity index (χ3n) is 3.14. The highest BCUT2D eigenvalue weighted by atomic mass is 32.2. The van der Waals surface area contributed by atoms with Crippen molar-refractivity contribution in [2.75, 3.05) is 5.43 Å². The molecular weight excluding hydrogens is 343 g/mol. The van der Waals surface area contributed by atoms with Gasteiger partial charge in [0, 0.05) is 0 Å². The van der Waals surface area contributed by atoms with Crippen LogP contribution in [0, 0.1) is 0 Å². The van der Waals surface area contributed by atoms with Gasteiger partial charge in [-0.25, -0.2) is 13.6 Å². The van der Waals surface area contributed by atoms with Crippen molar-refractivity contribution in [3.63, 3.8) is 0 Å². The summed E-state index contributed by atoms with van der Waals surface area (Å²) in [4.78, 5) is -0.0494. The van der Waals surface area contributed by atoms with E-state index in [1.165, 1.54) is 36.4 Å². The Morgan fingerprint density at radius 2 is 1.75 bits per heavy atom. The summed E-state index contributed by atoms with van der Waals surface area (Å²) in [6.07, 6.45) is -4.42. The zero-order valence-corrected chi connectivity index (χ0v) is 13.3. The van der Waals surface area contributed by atoms with Crippen molar-refractivity contribution >= 4 is 21.4 Å². The van der Waals surface area contributed by atoms with Crippen molar-refractivity contribution < 1.29 is 21.6 Å². The first-order chi connectivity index (χ1) is 11.1. The molecule has 2 aromatic rings. The van der Waals surface area contributed by atoms with Crippen LogP contribution in [0.3, 0.4) is 0 Å². The largest absolute Gasteiger partial charge is 0.416 e. The molecule has 5 nitrogen and oxygen atoms in total. The van der Waals surface area contributed by atoms with Crippen molar-refractivity contribution in [3.05, 3.63) is 59.7 Å². The highest BCUT2D eigenvalue weighted by molar-refractivity contribution is 7.89. The fraction of sp³-hybridized carbons (Fsp3) is 0.133. The number of sulfonamides is 1. The number of alkyl halides is 3. The van der Waals surface area contributed by atoms with Gasteiger partial charge in [-0.05, 0) is 48.9 Å². The van der Waals surface area contributed by atoms with Gasteiger partial charge in [-0.1, -0.05) is 12.1 Å².